The van der Waals surface area contributed by atoms with E-state index in [-0.39, 0.29) is 38.0 Å². The van der Waals surface area contributed by atoms with E-state index in [1.807, 2.05) is 0 Å². The van der Waals surface area contributed by atoms with Crippen LogP contribution < -0.4 is 9.47 Å². The number of hydrogen-bond donors (Lipinski definition) is 0. The second kappa shape index (κ2) is 6.38. The van der Waals surface area contributed by atoms with E-state index < -0.39 is 41.0 Å². The molecule has 3 aliphatic rings. The lowest BCUT2D eigenvalue weighted by Crippen LogP contribution is -2.64. The molecule has 1 aromatic carbocycles. The average molecular weight is 418 g/mol. The van der Waals surface area contributed by atoms with Gasteiger partial charge < -0.3 is 9.47 Å². The molecule has 0 spiro atoms. The quantitative estimate of drug-likeness (QED) is 0.534. The molecule has 3 saturated carbocycles. The second-order valence-corrected chi connectivity index (χ2v) is 7.79. The molecule has 2 bridgehead atoms. The molecule has 28 heavy (non-hydrogen) atoms. The first-order chi connectivity index (χ1) is 12.7. The number of fused-ring (bicyclic) bond motifs is 3. The van der Waals surface area contributed by atoms with Crippen LogP contribution in [0.1, 0.15) is 32.6 Å². The largest absolute Gasteiger partial charge is 0.499 e. The molecule has 0 radical (unpaired) electrons. The van der Waals surface area contributed by atoms with Gasteiger partial charge in [0.2, 0.25) is 0 Å². The highest BCUT2D eigenvalue weighted by Gasteiger charge is 2.70. The summed E-state index contributed by atoms with van der Waals surface area (Å²) in [6.07, 6.45) is -12.9. The summed E-state index contributed by atoms with van der Waals surface area (Å²) in [5, 5.41) is 0. The van der Waals surface area contributed by atoms with Crippen molar-refractivity contribution >= 4 is 0 Å². The normalized spacial score (nSPS) is 32.2. The molecule has 0 saturated heterocycles. The number of ether oxygens (including phenoxy) is 2. The van der Waals surface area contributed by atoms with Crippen molar-refractivity contribution < 1.29 is 44.6 Å². The number of alkyl halides is 8. The van der Waals surface area contributed by atoms with Crippen LogP contribution in [0.2, 0.25) is 0 Å². The summed E-state index contributed by atoms with van der Waals surface area (Å²) in [7, 11) is 0. The molecular formula is C18H18F8O2. The van der Waals surface area contributed by atoms with Crippen molar-refractivity contribution in [2.45, 2.75) is 57.0 Å². The predicted molar refractivity (Wildman–Crippen MR) is 82.4 cm³/mol. The minimum atomic E-state index is -5.88. The summed E-state index contributed by atoms with van der Waals surface area (Å²) in [5.41, 5.74) is -2.74. The van der Waals surface area contributed by atoms with Crippen LogP contribution in [0, 0.1) is 10.8 Å². The second-order valence-electron chi connectivity index (χ2n) is 7.79. The fourth-order valence-electron chi connectivity index (χ4n) is 3.83. The Morgan fingerprint density at radius 2 is 1.43 bits per heavy atom. The Kier molecular flexibility index (Phi) is 4.78. The zero-order valence-corrected chi connectivity index (χ0v) is 14.8. The maximum atomic E-state index is 14.6. The Morgan fingerprint density at radius 3 is 1.93 bits per heavy atom. The molecular weight excluding hydrogens is 400 g/mol. The monoisotopic (exact) mass is 418 g/mol. The molecule has 2 nitrogen and oxygen atoms in total. The Balaban J connectivity index is 1.66. The van der Waals surface area contributed by atoms with E-state index in [0.29, 0.717) is 0 Å². The molecule has 0 heterocycles. The van der Waals surface area contributed by atoms with Crippen LogP contribution in [0.5, 0.6) is 11.5 Å². The maximum Gasteiger partial charge on any atom is 0.499 e. The zero-order valence-electron chi connectivity index (χ0n) is 14.8. The topological polar surface area (TPSA) is 18.5 Å². The number of benzene rings is 1. The molecule has 10 heteroatoms. The fourth-order valence-corrected chi connectivity index (χ4v) is 3.83. The summed E-state index contributed by atoms with van der Waals surface area (Å²) in [6, 6.07) is 3.76. The summed E-state index contributed by atoms with van der Waals surface area (Å²) in [4.78, 5) is 0. The highest BCUT2D eigenvalue weighted by molar-refractivity contribution is 5.31. The van der Waals surface area contributed by atoms with Crippen LogP contribution in [0.15, 0.2) is 24.3 Å². The third-order valence-corrected chi connectivity index (χ3v) is 5.94. The fraction of sp³-hybridized carbons (Fsp3) is 0.667. The standard InChI is InChI=1S/C18H18F8O2/c1-14-6-8-15(9-7-14,13(19)16(14,20)21)10-27-11-2-4-12(5-3-11)28-18(25,26)17(22,23)24/h2-5,13H,6-10H2,1H3. The Labute approximate surface area is 155 Å². The molecule has 1 aromatic rings. The van der Waals surface area contributed by atoms with E-state index in [4.69, 9.17) is 4.74 Å². The van der Waals surface area contributed by atoms with E-state index in [2.05, 4.69) is 4.74 Å². The zero-order chi connectivity index (χ0) is 21.0. The SMILES string of the molecule is CC12CCC(COc3ccc(OC(F)(F)C(F)(F)F)cc3)(CC1)C(F)C2(F)F. The lowest BCUT2D eigenvalue weighted by atomic mass is 9.52. The lowest BCUT2D eigenvalue weighted by Gasteiger charge is -2.57. The molecule has 4 rings (SSSR count). The Hall–Kier alpha value is -1.74. The van der Waals surface area contributed by atoms with E-state index in [1.54, 1.807) is 0 Å². The van der Waals surface area contributed by atoms with Gasteiger partial charge in [0.25, 0.3) is 5.92 Å². The smallest absolute Gasteiger partial charge is 0.493 e. The summed E-state index contributed by atoms with van der Waals surface area (Å²) in [5.74, 6) is -4.21. The van der Waals surface area contributed by atoms with Crippen molar-refractivity contribution in [1.29, 1.82) is 0 Å². The molecule has 0 aromatic heterocycles. The third kappa shape index (κ3) is 3.28. The third-order valence-electron chi connectivity index (χ3n) is 5.94. The maximum absolute atomic E-state index is 14.6. The van der Waals surface area contributed by atoms with Gasteiger partial charge in [-0.25, -0.2) is 13.2 Å². The van der Waals surface area contributed by atoms with Gasteiger partial charge in [-0.2, -0.15) is 22.0 Å². The van der Waals surface area contributed by atoms with Crippen LogP contribution in [-0.2, 0) is 0 Å². The van der Waals surface area contributed by atoms with Gasteiger partial charge in [-0.3, -0.25) is 0 Å². The average Bonchev–Trinajstić information content (AvgIpc) is 2.59. The van der Waals surface area contributed by atoms with Gasteiger partial charge >= 0.3 is 12.3 Å². The molecule has 1 atom stereocenters. The van der Waals surface area contributed by atoms with Gasteiger partial charge in [0.05, 0.1) is 6.61 Å². The summed E-state index contributed by atoms with van der Waals surface area (Å²) >= 11 is 0. The van der Waals surface area contributed by atoms with Gasteiger partial charge in [0.15, 0.2) is 6.17 Å². The number of rotatable bonds is 5. The summed E-state index contributed by atoms with van der Waals surface area (Å²) in [6.45, 7) is 1.03. The van der Waals surface area contributed by atoms with Crippen molar-refractivity contribution in [1.82, 2.24) is 0 Å². The van der Waals surface area contributed by atoms with Crippen molar-refractivity contribution in [3.63, 3.8) is 0 Å². The van der Waals surface area contributed by atoms with E-state index in [1.165, 1.54) is 6.92 Å². The van der Waals surface area contributed by atoms with Gasteiger partial charge in [0, 0.05) is 10.8 Å². The molecule has 0 N–H and O–H groups in total. The van der Waals surface area contributed by atoms with Crippen molar-refractivity contribution in [2.75, 3.05) is 6.61 Å². The Bertz CT molecular complexity index is 705. The molecule has 3 fully saturated rings. The van der Waals surface area contributed by atoms with E-state index in [9.17, 15) is 35.1 Å². The molecule has 0 aliphatic heterocycles. The van der Waals surface area contributed by atoms with Crippen LogP contribution in [0.4, 0.5) is 35.1 Å². The van der Waals surface area contributed by atoms with Crippen LogP contribution in [0.3, 0.4) is 0 Å². The van der Waals surface area contributed by atoms with Gasteiger partial charge in [0.1, 0.15) is 11.5 Å². The molecule has 1 unspecified atom stereocenters. The van der Waals surface area contributed by atoms with Crippen LogP contribution in [0.25, 0.3) is 0 Å². The molecule has 3 aliphatic carbocycles. The Morgan fingerprint density at radius 1 is 0.929 bits per heavy atom. The number of halogens is 8. The minimum absolute atomic E-state index is 0.0199. The van der Waals surface area contributed by atoms with Crippen LogP contribution in [-0.4, -0.2) is 31.0 Å². The number of hydrogen-bond acceptors (Lipinski definition) is 2. The first kappa shape index (κ1) is 21.0. The van der Waals surface area contributed by atoms with Gasteiger partial charge in [-0.1, -0.05) is 6.92 Å². The first-order valence-corrected chi connectivity index (χ1v) is 8.61. The van der Waals surface area contributed by atoms with Gasteiger partial charge in [-0.15, -0.1) is 0 Å². The highest BCUT2D eigenvalue weighted by Crippen LogP contribution is 2.64. The van der Waals surface area contributed by atoms with E-state index in [0.717, 1.165) is 24.3 Å². The first-order valence-electron chi connectivity index (χ1n) is 8.61. The molecule has 158 valence electrons. The molecule has 0 amide bonds. The van der Waals surface area contributed by atoms with Gasteiger partial charge in [-0.05, 0) is 49.9 Å². The summed E-state index contributed by atoms with van der Waals surface area (Å²) < 4.78 is 114. The predicted octanol–water partition coefficient (Wildman–Crippen LogP) is 6.15. The highest BCUT2D eigenvalue weighted by atomic mass is 19.4. The van der Waals surface area contributed by atoms with E-state index >= 15 is 0 Å². The van der Waals surface area contributed by atoms with Crippen LogP contribution >= 0.6 is 0 Å². The van der Waals surface area contributed by atoms with Crippen molar-refractivity contribution in [3.8, 4) is 11.5 Å². The lowest BCUT2D eigenvalue weighted by molar-refractivity contribution is -0.360. The van der Waals surface area contributed by atoms with Crippen molar-refractivity contribution in [3.05, 3.63) is 24.3 Å². The minimum Gasteiger partial charge on any atom is -0.493 e. The van der Waals surface area contributed by atoms with Crippen molar-refractivity contribution in [2.24, 2.45) is 10.8 Å².